The summed E-state index contributed by atoms with van der Waals surface area (Å²) < 4.78 is 55.5. The molecule has 0 radical (unpaired) electrons. The van der Waals surface area contributed by atoms with E-state index in [1.165, 1.54) is 6.92 Å². The molecule has 3 saturated heterocycles. The summed E-state index contributed by atoms with van der Waals surface area (Å²) in [6, 6.07) is 8.56. The number of hydrogen-bond donors (Lipinski definition) is 6. The normalized spacial score (nSPS) is 49.8. The summed E-state index contributed by atoms with van der Waals surface area (Å²) >= 11 is 0. The van der Waals surface area contributed by atoms with Gasteiger partial charge < -0.3 is 73.3 Å². The van der Waals surface area contributed by atoms with Crippen molar-refractivity contribution in [1.29, 1.82) is 0 Å². The van der Waals surface area contributed by atoms with Crippen molar-refractivity contribution in [2.45, 2.75) is 215 Å². The second-order valence-corrected chi connectivity index (χ2v) is 20.3. The Balaban J connectivity index is 0.911. The van der Waals surface area contributed by atoms with Gasteiger partial charge in [0.05, 0.1) is 59.8 Å². The molecule has 0 aromatic heterocycles. The van der Waals surface area contributed by atoms with Crippen molar-refractivity contribution in [2.24, 2.45) is 16.7 Å². The maximum Gasteiger partial charge on any atom is 0.338 e. The first-order valence-corrected chi connectivity index (χ1v) is 23.4. The van der Waals surface area contributed by atoms with Gasteiger partial charge in [-0.2, -0.15) is 0 Å². The summed E-state index contributed by atoms with van der Waals surface area (Å²) in [7, 11) is 3.15. The molecule has 21 unspecified atom stereocenters. The first-order chi connectivity index (χ1) is 30.2. The Morgan fingerprint density at radius 3 is 2.03 bits per heavy atom. The van der Waals surface area contributed by atoms with Crippen molar-refractivity contribution in [2.75, 3.05) is 14.2 Å². The minimum Gasteiger partial charge on any atom is -0.458 e. The fourth-order valence-corrected chi connectivity index (χ4v) is 13.1. The van der Waals surface area contributed by atoms with Crippen molar-refractivity contribution in [3.8, 4) is 0 Å². The van der Waals surface area contributed by atoms with Crippen molar-refractivity contribution >= 4 is 5.97 Å². The molecular weight excluding hydrogens is 833 g/mol. The molecule has 21 atom stereocenters. The molecule has 6 fully saturated rings. The molecule has 16 heteroatoms. The summed E-state index contributed by atoms with van der Waals surface area (Å²) in [6.07, 6.45) is -4.93. The van der Waals surface area contributed by atoms with Crippen molar-refractivity contribution < 1.29 is 78.1 Å². The Kier molecular flexibility index (Phi) is 13.6. The number of aliphatic hydroxyl groups is 6. The van der Waals surface area contributed by atoms with Crippen LogP contribution in [0.2, 0.25) is 0 Å². The molecule has 1 aromatic rings. The molecule has 0 amide bonds. The van der Waals surface area contributed by atoms with Crippen molar-refractivity contribution in [3.05, 3.63) is 47.5 Å². The van der Waals surface area contributed by atoms with Gasteiger partial charge in [-0.25, -0.2) is 4.79 Å². The maximum atomic E-state index is 13.7. The molecule has 7 aliphatic rings. The predicted molar refractivity (Wildman–Crippen MR) is 227 cm³/mol. The van der Waals surface area contributed by atoms with Gasteiger partial charge in [0.1, 0.15) is 41.2 Å². The molecule has 360 valence electrons. The van der Waals surface area contributed by atoms with Crippen LogP contribution >= 0.6 is 0 Å². The maximum absolute atomic E-state index is 13.7. The Bertz CT molecular complexity index is 1820. The zero-order valence-corrected chi connectivity index (χ0v) is 38.5. The van der Waals surface area contributed by atoms with Crippen LogP contribution in [0.15, 0.2) is 42.0 Å². The van der Waals surface area contributed by atoms with Gasteiger partial charge in [0, 0.05) is 39.4 Å². The van der Waals surface area contributed by atoms with Gasteiger partial charge in [0.15, 0.2) is 18.9 Å². The number of ether oxygens (including phenoxy) is 9. The SMILES string of the molecule is COC1CC(OC2C(C)OC(OC3C(O)CC(OC4CCC5(C)C(=CCC6(O)C5CC(OC(=O)c5ccccc5)C5(C)C(O)(C(C)O)CCC65O)C4)OC3C)CC2OC)OC(C)C1O. The number of carbonyl (C=O) groups is 1. The van der Waals surface area contributed by atoms with Crippen LogP contribution in [0.25, 0.3) is 0 Å². The number of hydrogen-bond acceptors (Lipinski definition) is 16. The third kappa shape index (κ3) is 7.92. The van der Waals surface area contributed by atoms with E-state index in [-0.39, 0.29) is 38.2 Å². The van der Waals surface area contributed by atoms with E-state index >= 15 is 0 Å². The van der Waals surface area contributed by atoms with Gasteiger partial charge in [0.2, 0.25) is 0 Å². The number of carbonyl (C=O) groups excluding carboxylic acids is 1. The number of rotatable bonds is 11. The van der Waals surface area contributed by atoms with E-state index in [9.17, 15) is 35.4 Å². The summed E-state index contributed by atoms with van der Waals surface area (Å²) in [5.74, 6) is -1.16. The highest BCUT2D eigenvalue weighted by Crippen LogP contribution is 2.71. The quantitative estimate of drug-likeness (QED) is 0.138. The van der Waals surface area contributed by atoms with Crippen LogP contribution in [0.5, 0.6) is 0 Å². The highest BCUT2D eigenvalue weighted by Gasteiger charge is 2.81. The largest absolute Gasteiger partial charge is 0.458 e. The van der Waals surface area contributed by atoms with Gasteiger partial charge in [-0.15, -0.1) is 0 Å². The Morgan fingerprint density at radius 1 is 0.781 bits per heavy atom. The van der Waals surface area contributed by atoms with Crippen LogP contribution < -0.4 is 0 Å². The fourth-order valence-electron chi connectivity index (χ4n) is 13.1. The van der Waals surface area contributed by atoms with E-state index in [2.05, 4.69) is 6.92 Å². The van der Waals surface area contributed by atoms with E-state index in [0.29, 0.717) is 37.7 Å². The van der Waals surface area contributed by atoms with E-state index < -0.39 is 126 Å². The minimum absolute atomic E-state index is 0.0116. The summed E-state index contributed by atoms with van der Waals surface area (Å²) in [4.78, 5) is 13.7. The Morgan fingerprint density at radius 2 is 1.39 bits per heavy atom. The first kappa shape index (κ1) is 48.3. The van der Waals surface area contributed by atoms with Crippen LogP contribution in [0.4, 0.5) is 0 Å². The first-order valence-electron chi connectivity index (χ1n) is 23.4. The molecule has 6 N–H and O–H groups in total. The molecule has 0 bridgehead atoms. The summed E-state index contributed by atoms with van der Waals surface area (Å²) in [5.41, 5.74) is -6.28. The topological polar surface area (TPSA) is 222 Å². The molecule has 3 heterocycles. The molecule has 0 spiro atoms. The summed E-state index contributed by atoms with van der Waals surface area (Å²) in [6.45, 7) is 10.7. The molecule has 1 aromatic carbocycles. The van der Waals surface area contributed by atoms with Crippen LogP contribution in [-0.2, 0) is 42.6 Å². The third-order valence-corrected chi connectivity index (χ3v) is 17.0. The predicted octanol–water partition coefficient (Wildman–Crippen LogP) is 3.44. The lowest BCUT2D eigenvalue weighted by molar-refractivity contribution is -0.338. The average Bonchev–Trinajstić information content (AvgIpc) is 3.49. The van der Waals surface area contributed by atoms with Crippen LogP contribution in [0.3, 0.4) is 0 Å². The smallest absolute Gasteiger partial charge is 0.338 e. The van der Waals surface area contributed by atoms with E-state index in [4.69, 9.17) is 42.6 Å². The number of benzene rings is 1. The molecule has 3 aliphatic heterocycles. The third-order valence-electron chi connectivity index (χ3n) is 17.0. The molecular formula is C48H72O16. The van der Waals surface area contributed by atoms with E-state index in [1.807, 2.05) is 19.9 Å². The van der Waals surface area contributed by atoms with Gasteiger partial charge in [-0.1, -0.05) is 43.7 Å². The van der Waals surface area contributed by atoms with Gasteiger partial charge in [-0.3, -0.25) is 0 Å². The van der Waals surface area contributed by atoms with Gasteiger partial charge >= 0.3 is 5.97 Å². The van der Waals surface area contributed by atoms with Gasteiger partial charge in [0.25, 0.3) is 0 Å². The second kappa shape index (κ2) is 18.1. The molecule has 64 heavy (non-hydrogen) atoms. The number of aliphatic hydroxyl groups excluding tert-OH is 3. The number of esters is 1. The van der Waals surface area contributed by atoms with Crippen molar-refractivity contribution in [1.82, 2.24) is 0 Å². The lowest BCUT2D eigenvalue weighted by Gasteiger charge is -2.67. The highest BCUT2D eigenvalue weighted by atomic mass is 16.7. The monoisotopic (exact) mass is 904 g/mol. The Hall–Kier alpha value is -2.13. The fraction of sp³-hybridized carbons (Fsp3) is 0.812. The zero-order chi connectivity index (χ0) is 46.1. The average molecular weight is 905 g/mol. The van der Waals surface area contributed by atoms with E-state index in [0.717, 1.165) is 5.57 Å². The minimum atomic E-state index is -1.90. The van der Waals surface area contributed by atoms with Crippen LogP contribution in [0.1, 0.15) is 116 Å². The van der Waals surface area contributed by atoms with Crippen LogP contribution in [0, 0.1) is 16.7 Å². The van der Waals surface area contributed by atoms with Crippen molar-refractivity contribution in [3.63, 3.8) is 0 Å². The molecule has 4 aliphatic carbocycles. The van der Waals surface area contributed by atoms with E-state index in [1.54, 1.807) is 58.4 Å². The summed E-state index contributed by atoms with van der Waals surface area (Å²) in [5, 5.41) is 70.9. The standard InChI is InChI=1S/C48H72O16/c1-25-40(51)33(56-7)22-38(58-25)64-42-27(3)60-39(23-34(42)57-8)63-41-26(2)59-37(21-32(41)50)61-31-15-16-44(5)30(20-31)14-17-47(54)35(44)24-36(62-43(52)29-12-10-9-11-13-29)45(6)46(53,28(4)49)18-19-48(45,47)55/h9-14,25-28,31-42,49-51,53-55H,15-24H2,1-8H3. The molecule has 8 rings (SSSR count). The lowest BCUT2D eigenvalue weighted by Crippen LogP contribution is -2.78. The zero-order valence-electron chi connectivity index (χ0n) is 38.5. The highest BCUT2D eigenvalue weighted by molar-refractivity contribution is 5.89. The van der Waals surface area contributed by atoms with Gasteiger partial charge in [-0.05, 0) is 90.2 Å². The molecule has 3 saturated carbocycles. The molecule has 16 nitrogen and oxygen atoms in total. The Labute approximate surface area is 376 Å². The number of methoxy groups -OCH3 is 2. The second-order valence-electron chi connectivity index (χ2n) is 20.3. The number of fused-ring (bicyclic) bond motifs is 5. The lowest BCUT2D eigenvalue weighted by atomic mass is 9.42. The van der Waals surface area contributed by atoms with Crippen LogP contribution in [-0.4, -0.2) is 160 Å².